The van der Waals surface area contributed by atoms with Crippen LogP contribution in [0.25, 0.3) is 0 Å². The lowest BCUT2D eigenvalue weighted by Crippen LogP contribution is -2.42. The van der Waals surface area contributed by atoms with Crippen molar-refractivity contribution in [3.8, 4) is 0 Å². The number of carbonyl (C=O) groups excluding carboxylic acids is 2. The van der Waals surface area contributed by atoms with E-state index in [0.29, 0.717) is 45.8 Å². The molecule has 0 aromatic rings. The molecule has 1 atom stereocenters. The Balaban J connectivity index is 0.00000324. The second-order valence-electron chi connectivity index (χ2n) is 4.49. The zero-order valence-electron chi connectivity index (χ0n) is 11.6. The number of hydrogen-bond acceptors (Lipinski definition) is 4. The third kappa shape index (κ3) is 6.75. The molecule has 0 radical (unpaired) electrons. The van der Waals surface area contributed by atoms with Crippen LogP contribution in [0.3, 0.4) is 0 Å². The maximum Gasteiger partial charge on any atom is 0.224 e. The smallest absolute Gasteiger partial charge is 0.224 e. The fourth-order valence-electron chi connectivity index (χ4n) is 1.84. The maximum absolute atomic E-state index is 11.8. The summed E-state index contributed by atoms with van der Waals surface area (Å²) in [6.45, 7) is 5.43. The Morgan fingerprint density at radius 1 is 1.32 bits per heavy atom. The van der Waals surface area contributed by atoms with E-state index in [-0.39, 0.29) is 30.1 Å². The zero-order valence-corrected chi connectivity index (χ0v) is 12.4. The zero-order chi connectivity index (χ0) is 13.4. The average molecular weight is 294 g/mol. The highest BCUT2D eigenvalue weighted by molar-refractivity contribution is 5.85. The number of hydrogen-bond donors (Lipinski definition) is 2. The largest absolute Gasteiger partial charge is 0.378 e. The van der Waals surface area contributed by atoms with E-state index in [9.17, 15) is 9.59 Å². The first-order valence-corrected chi connectivity index (χ1v) is 6.43. The van der Waals surface area contributed by atoms with Crippen LogP contribution in [-0.2, 0) is 14.3 Å². The van der Waals surface area contributed by atoms with Gasteiger partial charge in [0.1, 0.15) is 0 Å². The Hall–Kier alpha value is -0.850. The monoisotopic (exact) mass is 293 g/mol. The Labute approximate surface area is 120 Å². The Bertz CT molecular complexity index is 283. The Morgan fingerprint density at radius 3 is 2.53 bits per heavy atom. The van der Waals surface area contributed by atoms with Gasteiger partial charge in [0.25, 0.3) is 0 Å². The van der Waals surface area contributed by atoms with E-state index in [2.05, 4.69) is 10.6 Å². The summed E-state index contributed by atoms with van der Waals surface area (Å²) in [5, 5.41) is 5.73. The van der Waals surface area contributed by atoms with Gasteiger partial charge in [0.05, 0.1) is 13.2 Å². The number of amides is 2. The number of nitrogens with zero attached hydrogens (tertiary/aromatic N) is 1. The molecule has 0 aliphatic carbocycles. The van der Waals surface area contributed by atoms with Crippen molar-refractivity contribution in [2.45, 2.75) is 13.3 Å². The van der Waals surface area contributed by atoms with E-state index in [1.165, 1.54) is 0 Å². The minimum absolute atomic E-state index is 0. The van der Waals surface area contributed by atoms with Crippen LogP contribution < -0.4 is 10.6 Å². The highest BCUT2D eigenvalue weighted by Gasteiger charge is 2.17. The fraction of sp³-hybridized carbons (Fsp3) is 0.833. The molecule has 112 valence electrons. The molecule has 19 heavy (non-hydrogen) atoms. The van der Waals surface area contributed by atoms with Crippen molar-refractivity contribution in [3.05, 3.63) is 0 Å². The molecule has 0 aromatic carbocycles. The van der Waals surface area contributed by atoms with Crippen LogP contribution in [0, 0.1) is 5.92 Å². The predicted octanol–water partition coefficient (Wildman–Crippen LogP) is -0.371. The van der Waals surface area contributed by atoms with Crippen LogP contribution >= 0.6 is 12.4 Å². The Kier molecular flexibility index (Phi) is 9.55. The average Bonchev–Trinajstić information content (AvgIpc) is 2.39. The number of rotatable bonds is 6. The molecule has 1 unspecified atom stereocenters. The van der Waals surface area contributed by atoms with Crippen LogP contribution in [0.5, 0.6) is 0 Å². The number of ether oxygens (including phenoxy) is 1. The molecular formula is C12H24ClN3O3. The SMILES string of the molecule is CNCC(C)C(=O)NCCC(=O)N1CCOCC1.Cl. The van der Waals surface area contributed by atoms with Gasteiger partial charge in [-0.25, -0.2) is 0 Å². The molecule has 2 amide bonds. The molecule has 2 N–H and O–H groups in total. The maximum atomic E-state index is 11.8. The quantitative estimate of drug-likeness (QED) is 0.701. The van der Waals surface area contributed by atoms with Crippen LogP contribution in [0.4, 0.5) is 0 Å². The highest BCUT2D eigenvalue weighted by Crippen LogP contribution is 2.00. The molecule has 1 aliphatic heterocycles. The first kappa shape index (κ1) is 18.1. The molecule has 1 rings (SSSR count). The van der Waals surface area contributed by atoms with Crippen LogP contribution in [-0.4, -0.2) is 63.2 Å². The number of nitrogens with one attached hydrogen (secondary N) is 2. The number of carbonyl (C=O) groups is 2. The van der Waals surface area contributed by atoms with Crippen molar-refractivity contribution in [1.82, 2.24) is 15.5 Å². The molecular weight excluding hydrogens is 270 g/mol. The normalized spacial score (nSPS) is 16.4. The molecule has 1 aliphatic rings. The van der Waals surface area contributed by atoms with Crippen molar-refractivity contribution in [2.24, 2.45) is 5.92 Å². The summed E-state index contributed by atoms with van der Waals surface area (Å²) < 4.78 is 5.18. The second-order valence-corrected chi connectivity index (χ2v) is 4.49. The lowest BCUT2D eigenvalue weighted by Gasteiger charge is -2.26. The summed E-state index contributed by atoms with van der Waals surface area (Å²) in [5.41, 5.74) is 0. The van der Waals surface area contributed by atoms with Gasteiger partial charge in [0.2, 0.25) is 11.8 Å². The van der Waals surface area contributed by atoms with Gasteiger partial charge in [-0.3, -0.25) is 9.59 Å². The molecule has 0 spiro atoms. The molecule has 7 heteroatoms. The van der Waals surface area contributed by atoms with Crippen LogP contribution in [0.1, 0.15) is 13.3 Å². The van der Waals surface area contributed by atoms with Crippen LogP contribution in [0.15, 0.2) is 0 Å². The van der Waals surface area contributed by atoms with Crippen LogP contribution in [0.2, 0.25) is 0 Å². The van der Waals surface area contributed by atoms with Gasteiger partial charge >= 0.3 is 0 Å². The van der Waals surface area contributed by atoms with Gasteiger partial charge in [-0.15, -0.1) is 12.4 Å². The first-order chi connectivity index (χ1) is 8.65. The van der Waals surface area contributed by atoms with Gasteiger partial charge in [-0.1, -0.05) is 6.92 Å². The standard InChI is InChI=1S/C12H23N3O3.ClH/c1-10(9-13-2)12(17)14-4-3-11(16)15-5-7-18-8-6-15;/h10,13H,3-9H2,1-2H3,(H,14,17);1H. The lowest BCUT2D eigenvalue weighted by molar-refractivity contribution is -0.135. The molecule has 0 saturated carbocycles. The summed E-state index contributed by atoms with van der Waals surface area (Å²) in [6.07, 6.45) is 0.359. The van der Waals surface area contributed by atoms with E-state index in [1.54, 1.807) is 4.90 Å². The van der Waals surface area contributed by atoms with Crippen molar-refractivity contribution < 1.29 is 14.3 Å². The number of morpholine rings is 1. The molecule has 0 aromatic heterocycles. The predicted molar refractivity (Wildman–Crippen MR) is 75.4 cm³/mol. The van der Waals surface area contributed by atoms with E-state index in [1.807, 2.05) is 14.0 Å². The van der Waals surface area contributed by atoms with Gasteiger partial charge in [0, 0.05) is 38.5 Å². The minimum Gasteiger partial charge on any atom is -0.378 e. The summed E-state index contributed by atoms with van der Waals surface area (Å²) in [6, 6.07) is 0. The highest BCUT2D eigenvalue weighted by atomic mass is 35.5. The lowest BCUT2D eigenvalue weighted by atomic mass is 10.1. The number of halogens is 1. The van der Waals surface area contributed by atoms with E-state index < -0.39 is 0 Å². The topological polar surface area (TPSA) is 70.7 Å². The van der Waals surface area contributed by atoms with Crippen molar-refractivity contribution in [2.75, 3.05) is 46.4 Å². The summed E-state index contributed by atoms with van der Waals surface area (Å²) in [4.78, 5) is 25.2. The third-order valence-corrected chi connectivity index (χ3v) is 2.96. The third-order valence-electron chi connectivity index (χ3n) is 2.96. The van der Waals surface area contributed by atoms with E-state index in [4.69, 9.17) is 4.74 Å². The van der Waals surface area contributed by atoms with E-state index in [0.717, 1.165) is 0 Å². The van der Waals surface area contributed by atoms with Crippen molar-refractivity contribution in [3.63, 3.8) is 0 Å². The summed E-state index contributed by atoms with van der Waals surface area (Å²) in [7, 11) is 1.81. The first-order valence-electron chi connectivity index (χ1n) is 6.43. The second kappa shape index (κ2) is 10.00. The van der Waals surface area contributed by atoms with Gasteiger partial charge in [-0.05, 0) is 7.05 Å². The fourth-order valence-corrected chi connectivity index (χ4v) is 1.84. The van der Waals surface area contributed by atoms with Gasteiger partial charge < -0.3 is 20.3 Å². The minimum atomic E-state index is -0.0755. The van der Waals surface area contributed by atoms with Gasteiger partial charge in [-0.2, -0.15) is 0 Å². The Morgan fingerprint density at radius 2 is 1.95 bits per heavy atom. The molecule has 1 fully saturated rings. The van der Waals surface area contributed by atoms with Gasteiger partial charge in [0.15, 0.2) is 0 Å². The molecule has 0 bridgehead atoms. The van der Waals surface area contributed by atoms with E-state index >= 15 is 0 Å². The van der Waals surface area contributed by atoms with Crippen molar-refractivity contribution in [1.29, 1.82) is 0 Å². The molecule has 1 heterocycles. The summed E-state index contributed by atoms with van der Waals surface area (Å²) >= 11 is 0. The van der Waals surface area contributed by atoms with Crippen molar-refractivity contribution >= 4 is 24.2 Å². The molecule has 1 saturated heterocycles. The molecule has 6 nitrogen and oxygen atoms in total. The summed E-state index contributed by atoms with van der Waals surface area (Å²) in [5.74, 6) is -0.00696.